The maximum Gasteiger partial charge on any atom is 0.411 e. The highest BCUT2D eigenvalue weighted by Crippen LogP contribution is 2.46. The number of cyclic esters (lactones) is 1. The second kappa shape index (κ2) is 5.97. The van der Waals surface area contributed by atoms with Crippen LogP contribution in [-0.4, -0.2) is 44.7 Å². The van der Waals surface area contributed by atoms with E-state index in [1.54, 1.807) is 14.2 Å². The first-order chi connectivity index (χ1) is 13.2. The standard InChI is InChI=1S/C20H19NO6/c1-23-15-4-3-11(6-16(15)24-2)19-14-8-18-17(26-10-27-18)7-12(14)5-13-9-25-20(22)21(13)19/h3-4,6-8,13,19H,5,9-10H2,1-2H3/t13-,19+/m0/s1. The fourth-order valence-corrected chi connectivity index (χ4v) is 4.14. The Balaban J connectivity index is 1.68. The van der Waals surface area contributed by atoms with Gasteiger partial charge >= 0.3 is 6.09 Å². The van der Waals surface area contributed by atoms with Crippen LogP contribution in [0.2, 0.25) is 0 Å². The molecule has 0 radical (unpaired) electrons. The summed E-state index contributed by atoms with van der Waals surface area (Å²) in [4.78, 5) is 14.3. The fourth-order valence-electron chi connectivity index (χ4n) is 4.14. The fraction of sp³-hybridized carbons (Fsp3) is 0.350. The van der Waals surface area contributed by atoms with Crippen molar-refractivity contribution in [3.8, 4) is 23.0 Å². The Bertz CT molecular complexity index is 927. The molecule has 2 aromatic carbocycles. The van der Waals surface area contributed by atoms with Gasteiger partial charge in [0.05, 0.1) is 26.3 Å². The highest BCUT2D eigenvalue weighted by molar-refractivity contribution is 5.73. The zero-order chi connectivity index (χ0) is 18.5. The molecule has 0 saturated carbocycles. The summed E-state index contributed by atoms with van der Waals surface area (Å²) in [5.74, 6) is 2.71. The molecule has 1 saturated heterocycles. The smallest absolute Gasteiger partial charge is 0.411 e. The third-order valence-corrected chi connectivity index (χ3v) is 5.39. The van der Waals surface area contributed by atoms with Crippen molar-refractivity contribution in [2.75, 3.05) is 27.6 Å². The first-order valence-corrected chi connectivity index (χ1v) is 8.79. The van der Waals surface area contributed by atoms with Gasteiger partial charge in [0.1, 0.15) is 6.61 Å². The number of carbonyl (C=O) groups excluding carboxylic acids is 1. The minimum atomic E-state index is -0.303. The first-order valence-electron chi connectivity index (χ1n) is 8.79. The number of rotatable bonds is 3. The summed E-state index contributed by atoms with van der Waals surface area (Å²) in [6.45, 7) is 0.602. The lowest BCUT2D eigenvalue weighted by Crippen LogP contribution is -2.42. The largest absolute Gasteiger partial charge is 0.493 e. The second-order valence-corrected chi connectivity index (χ2v) is 6.76. The van der Waals surface area contributed by atoms with Crippen LogP contribution in [0.25, 0.3) is 0 Å². The van der Waals surface area contributed by atoms with Crippen LogP contribution in [0.3, 0.4) is 0 Å². The topological polar surface area (TPSA) is 66.5 Å². The Kier molecular flexibility index (Phi) is 3.56. The Morgan fingerprint density at radius 1 is 1.00 bits per heavy atom. The van der Waals surface area contributed by atoms with Crippen LogP contribution in [0, 0.1) is 0 Å². The second-order valence-electron chi connectivity index (χ2n) is 6.76. The third-order valence-electron chi connectivity index (χ3n) is 5.39. The van der Waals surface area contributed by atoms with Gasteiger partial charge in [0.15, 0.2) is 23.0 Å². The molecule has 3 aliphatic heterocycles. The Hall–Kier alpha value is -3.09. The molecule has 3 aliphatic rings. The minimum absolute atomic E-state index is 0.0107. The zero-order valence-corrected chi connectivity index (χ0v) is 15.1. The van der Waals surface area contributed by atoms with E-state index in [1.165, 1.54) is 0 Å². The molecule has 1 fully saturated rings. The predicted octanol–water partition coefficient (Wildman–Crippen LogP) is 2.90. The molecule has 0 unspecified atom stereocenters. The van der Waals surface area contributed by atoms with Crippen molar-refractivity contribution in [1.82, 2.24) is 4.90 Å². The number of hydrogen-bond donors (Lipinski definition) is 0. The average molecular weight is 369 g/mol. The molecule has 140 valence electrons. The minimum Gasteiger partial charge on any atom is -0.493 e. The predicted molar refractivity (Wildman–Crippen MR) is 94.6 cm³/mol. The maximum atomic E-state index is 12.5. The van der Waals surface area contributed by atoms with Gasteiger partial charge in [-0.3, -0.25) is 4.90 Å². The molecule has 7 nitrogen and oxygen atoms in total. The van der Waals surface area contributed by atoms with E-state index in [4.69, 9.17) is 23.7 Å². The molecule has 1 amide bonds. The van der Waals surface area contributed by atoms with Crippen LogP contribution < -0.4 is 18.9 Å². The van der Waals surface area contributed by atoms with Gasteiger partial charge in [-0.15, -0.1) is 0 Å². The van der Waals surface area contributed by atoms with Crippen molar-refractivity contribution >= 4 is 6.09 Å². The molecule has 27 heavy (non-hydrogen) atoms. The lowest BCUT2D eigenvalue weighted by molar-refractivity contribution is 0.147. The van der Waals surface area contributed by atoms with E-state index in [2.05, 4.69) is 0 Å². The monoisotopic (exact) mass is 369 g/mol. The molecule has 2 aromatic rings. The maximum absolute atomic E-state index is 12.5. The van der Waals surface area contributed by atoms with Crippen molar-refractivity contribution in [2.24, 2.45) is 0 Å². The molecule has 7 heteroatoms. The normalized spacial score (nSPS) is 22.1. The van der Waals surface area contributed by atoms with Crippen LogP contribution in [0.5, 0.6) is 23.0 Å². The number of hydrogen-bond acceptors (Lipinski definition) is 6. The molecular formula is C20H19NO6. The number of methoxy groups -OCH3 is 2. The third kappa shape index (κ3) is 2.38. The van der Waals surface area contributed by atoms with Gasteiger partial charge in [-0.1, -0.05) is 6.07 Å². The van der Waals surface area contributed by atoms with E-state index in [1.807, 2.05) is 35.2 Å². The quantitative estimate of drug-likeness (QED) is 0.829. The van der Waals surface area contributed by atoms with Gasteiger partial charge in [-0.2, -0.15) is 0 Å². The van der Waals surface area contributed by atoms with Crippen LogP contribution in [0.15, 0.2) is 30.3 Å². The molecule has 3 heterocycles. The number of nitrogens with zero attached hydrogens (tertiary/aromatic N) is 1. The SMILES string of the molecule is COc1ccc([C@@H]2c3cc4c(cc3C[C@H]3COC(=O)N32)OCO4)cc1OC. The van der Waals surface area contributed by atoms with Gasteiger partial charge in [0.25, 0.3) is 0 Å². The summed E-state index contributed by atoms with van der Waals surface area (Å²) < 4.78 is 27.3. The van der Waals surface area contributed by atoms with Crippen molar-refractivity contribution < 1.29 is 28.5 Å². The van der Waals surface area contributed by atoms with E-state index in [9.17, 15) is 4.79 Å². The number of ether oxygens (including phenoxy) is 5. The van der Waals surface area contributed by atoms with E-state index in [0.717, 1.165) is 28.9 Å². The lowest BCUT2D eigenvalue weighted by Gasteiger charge is -2.37. The summed E-state index contributed by atoms with van der Waals surface area (Å²) in [5.41, 5.74) is 3.08. The number of amides is 1. The van der Waals surface area contributed by atoms with Gasteiger partial charge < -0.3 is 23.7 Å². The molecule has 0 spiro atoms. The zero-order valence-electron chi connectivity index (χ0n) is 15.1. The van der Waals surface area contributed by atoms with Crippen molar-refractivity contribution in [3.05, 3.63) is 47.0 Å². The van der Waals surface area contributed by atoms with E-state index in [0.29, 0.717) is 23.9 Å². The van der Waals surface area contributed by atoms with Crippen molar-refractivity contribution in [2.45, 2.75) is 18.5 Å². The van der Waals surface area contributed by atoms with E-state index < -0.39 is 0 Å². The van der Waals surface area contributed by atoms with Crippen molar-refractivity contribution in [1.29, 1.82) is 0 Å². The van der Waals surface area contributed by atoms with Gasteiger partial charge in [0, 0.05) is 0 Å². The molecule has 0 aromatic heterocycles. The molecule has 0 aliphatic carbocycles. The summed E-state index contributed by atoms with van der Waals surface area (Å²) in [6.07, 6.45) is 0.421. The van der Waals surface area contributed by atoms with Crippen LogP contribution in [0.1, 0.15) is 22.7 Å². The first kappa shape index (κ1) is 16.1. The Labute approximate surface area is 156 Å². The van der Waals surface area contributed by atoms with E-state index >= 15 is 0 Å². The van der Waals surface area contributed by atoms with Crippen LogP contribution >= 0.6 is 0 Å². The molecule has 5 rings (SSSR count). The highest BCUT2D eigenvalue weighted by atomic mass is 16.7. The number of benzene rings is 2. The van der Waals surface area contributed by atoms with E-state index in [-0.39, 0.29) is 25.0 Å². The average Bonchev–Trinajstić information content (AvgIpc) is 3.30. The summed E-state index contributed by atoms with van der Waals surface area (Å²) in [5, 5.41) is 0. The molecule has 2 atom stereocenters. The summed E-state index contributed by atoms with van der Waals surface area (Å²) in [7, 11) is 3.20. The molecule has 0 bridgehead atoms. The van der Waals surface area contributed by atoms with Crippen molar-refractivity contribution in [3.63, 3.8) is 0 Å². The Morgan fingerprint density at radius 2 is 1.78 bits per heavy atom. The van der Waals surface area contributed by atoms with Gasteiger partial charge in [-0.05, 0) is 47.4 Å². The Morgan fingerprint density at radius 3 is 2.56 bits per heavy atom. The summed E-state index contributed by atoms with van der Waals surface area (Å²) >= 11 is 0. The highest BCUT2D eigenvalue weighted by Gasteiger charge is 2.44. The molecule has 0 N–H and O–H groups in total. The van der Waals surface area contributed by atoms with Gasteiger partial charge in [0.2, 0.25) is 6.79 Å². The molecular weight excluding hydrogens is 350 g/mol. The van der Waals surface area contributed by atoms with Crippen LogP contribution in [0.4, 0.5) is 4.79 Å². The lowest BCUT2D eigenvalue weighted by atomic mass is 9.85. The van der Waals surface area contributed by atoms with Gasteiger partial charge in [-0.25, -0.2) is 4.79 Å². The summed E-state index contributed by atoms with van der Waals surface area (Å²) in [6, 6.07) is 9.41. The number of fused-ring (bicyclic) bond motifs is 3. The van der Waals surface area contributed by atoms with Crippen LogP contribution in [-0.2, 0) is 11.2 Å². The number of carbonyl (C=O) groups is 1.